The second-order valence-corrected chi connectivity index (χ2v) is 6.27. The van der Waals surface area contributed by atoms with E-state index in [1.165, 1.54) is 28.8 Å². The lowest BCUT2D eigenvalue weighted by Crippen LogP contribution is -2.11. The molecule has 0 saturated carbocycles. The van der Waals surface area contributed by atoms with Gasteiger partial charge in [-0.25, -0.2) is 15.0 Å². The van der Waals surface area contributed by atoms with E-state index in [0.717, 1.165) is 29.2 Å². The van der Waals surface area contributed by atoms with Crippen molar-refractivity contribution in [1.82, 2.24) is 19.9 Å². The lowest BCUT2D eigenvalue weighted by Gasteiger charge is -2.17. The predicted molar refractivity (Wildman–Crippen MR) is 83.4 cm³/mol. The van der Waals surface area contributed by atoms with Crippen LogP contribution in [-0.2, 0) is 19.4 Å². The molecular weight excluding hydrogens is 282 g/mol. The topological polar surface area (TPSA) is 63.6 Å². The van der Waals surface area contributed by atoms with Gasteiger partial charge in [0.15, 0.2) is 0 Å². The maximum atomic E-state index is 4.59. The minimum atomic E-state index is 0.697. The van der Waals surface area contributed by atoms with Crippen LogP contribution in [0.1, 0.15) is 29.1 Å². The van der Waals surface area contributed by atoms with E-state index >= 15 is 0 Å². The first-order chi connectivity index (χ1) is 10.4. The monoisotopic (exact) mass is 297 g/mol. The second kappa shape index (κ2) is 5.37. The van der Waals surface area contributed by atoms with Gasteiger partial charge >= 0.3 is 0 Å². The standard InChI is InChI=1S/C15H15N5S/c1-2-4-11-10(3-1)15(19-9-18-11)17-8-14-20-12-7-16-6-5-13(12)21-14/h5-7,9H,1-4,8H2,(H,17,18,19). The van der Waals surface area contributed by atoms with Gasteiger partial charge in [0.25, 0.3) is 0 Å². The van der Waals surface area contributed by atoms with Crippen molar-refractivity contribution in [3.63, 3.8) is 0 Å². The average Bonchev–Trinajstić information content (AvgIpc) is 2.96. The third-order valence-corrected chi connectivity index (χ3v) is 4.80. The zero-order valence-electron chi connectivity index (χ0n) is 11.5. The van der Waals surface area contributed by atoms with E-state index in [4.69, 9.17) is 0 Å². The van der Waals surface area contributed by atoms with Crippen molar-refractivity contribution in [2.45, 2.75) is 32.2 Å². The number of hydrogen-bond acceptors (Lipinski definition) is 6. The maximum Gasteiger partial charge on any atom is 0.133 e. The lowest BCUT2D eigenvalue weighted by molar-refractivity contribution is 0.663. The number of aromatic nitrogens is 4. The number of fused-ring (bicyclic) bond motifs is 2. The van der Waals surface area contributed by atoms with Gasteiger partial charge in [-0.15, -0.1) is 11.3 Å². The molecule has 0 aliphatic heterocycles. The average molecular weight is 297 g/mol. The third-order valence-electron chi connectivity index (χ3n) is 3.77. The van der Waals surface area contributed by atoms with Gasteiger partial charge in [-0.1, -0.05) is 0 Å². The molecule has 0 amide bonds. The number of nitrogens with zero attached hydrogens (tertiary/aromatic N) is 4. The Morgan fingerprint density at radius 2 is 2.14 bits per heavy atom. The zero-order valence-corrected chi connectivity index (χ0v) is 12.4. The van der Waals surface area contributed by atoms with Gasteiger partial charge < -0.3 is 5.32 Å². The molecule has 3 aromatic heterocycles. The van der Waals surface area contributed by atoms with Gasteiger partial charge in [0.1, 0.15) is 17.2 Å². The van der Waals surface area contributed by atoms with Gasteiger partial charge in [0.05, 0.1) is 23.0 Å². The number of rotatable bonds is 3. The summed E-state index contributed by atoms with van der Waals surface area (Å²) in [4.78, 5) is 17.5. The Morgan fingerprint density at radius 1 is 1.19 bits per heavy atom. The highest BCUT2D eigenvalue weighted by Gasteiger charge is 2.15. The van der Waals surface area contributed by atoms with Crippen LogP contribution in [0, 0.1) is 0 Å². The van der Waals surface area contributed by atoms with Crippen LogP contribution in [0.25, 0.3) is 10.2 Å². The van der Waals surface area contributed by atoms with Crippen LogP contribution in [-0.4, -0.2) is 19.9 Å². The molecule has 4 rings (SSSR count). The number of aryl methyl sites for hydroxylation is 1. The Hall–Kier alpha value is -2.08. The van der Waals surface area contributed by atoms with Crippen molar-refractivity contribution in [2.24, 2.45) is 0 Å². The molecule has 1 aliphatic carbocycles. The Bertz CT molecular complexity index is 750. The molecule has 0 saturated heterocycles. The van der Waals surface area contributed by atoms with Gasteiger partial charge in [-0.3, -0.25) is 4.98 Å². The number of thiazole rings is 1. The second-order valence-electron chi connectivity index (χ2n) is 5.16. The molecule has 0 radical (unpaired) electrons. The molecule has 0 fully saturated rings. The molecule has 0 atom stereocenters. The molecule has 1 N–H and O–H groups in total. The van der Waals surface area contributed by atoms with Crippen molar-refractivity contribution in [3.8, 4) is 0 Å². The highest BCUT2D eigenvalue weighted by molar-refractivity contribution is 7.18. The van der Waals surface area contributed by atoms with Crippen molar-refractivity contribution >= 4 is 27.4 Å². The molecule has 0 aromatic carbocycles. The van der Waals surface area contributed by atoms with E-state index in [9.17, 15) is 0 Å². The van der Waals surface area contributed by atoms with Crippen LogP contribution >= 0.6 is 11.3 Å². The Labute approximate surface area is 126 Å². The minimum Gasteiger partial charge on any atom is -0.363 e. The van der Waals surface area contributed by atoms with E-state index < -0.39 is 0 Å². The predicted octanol–water partition coefficient (Wildman–Crippen LogP) is 2.97. The Kier molecular flexibility index (Phi) is 3.23. The summed E-state index contributed by atoms with van der Waals surface area (Å²) in [6, 6.07) is 2.00. The summed E-state index contributed by atoms with van der Waals surface area (Å²) in [6.45, 7) is 0.697. The molecule has 0 bridgehead atoms. The highest BCUT2D eigenvalue weighted by atomic mass is 32.1. The lowest BCUT2D eigenvalue weighted by atomic mass is 9.96. The quantitative estimate of drug-likeness (QED) is 0.805. The molecule has 106 valence electrons. The third kappa shape index (κ3) is 2.47. The Balaban J connectivity index is 1.56. The molecule has 6 heteroatoms. The fourth-order valence-corrected chi connectivity index (χ4v) is 3.61. The van der Waals surface area contributed by atoms with Crippen molar-refractivity contribution < 1.29 is 0 Å². The first-order valence-corrected chi connectivity index (χ1v) is 7.98. The number of anilines is 1. The number of nitrogens with one attached hydrogen (secondary N) is 1. The summed E-state index contributed by atoms with van der Waals surface area (Å²) in [5.41, 5.74) is 3.45. The van der Waals surface area contributed by atoms with Crippen LogP contribution < -0.4 is 5.32 Å². The molecule has 3 heterocycles. The summed E-state index contributed by atoms with van der Waals surface area (Å²) in [5, 5.41) is 4.48. The highest BCUT2D eigenvalue weighted by Crippen LogP contribution is 2.26. The van der Waals surface area contributed by atoms with Crippen LogP contribution in [0.3, 0.4) is 0 Å². The van der Waals surface area contributed by atoms with Crippen LogP contribution in [0.15, 0.2) is 24.8 Å². The minimum absolute atomic E-state index is 0.697. The number of hydrogen-bond donors (Lipinski definition) is 1. The Morgan fingerprint density at radius 3 is 3.10 bits per heavy atom. The first-order valence-electron chi connectivity index (χ1n) is 7.16. The van der Waals surface area contributed by atoms with E-state index in [1.807, 2.05) is 12.3 Å². The fourth-order valence-electron chi connectivity index (χ4n) is 2.74. The largest absolute Gasteiger partial charge is 0.363 e. The molecular formula is C15H15N5S. The van der Waals surface area contributed by atoms with Crippen LogP contribution in [0.5, 0.6) is 0 Å². The molecule has 1 aliphatic rings. The van der Waals surface area contributed by atoms with Crippen molar-refractivity contribution in [1.29, 1.82) is 0 Å². The molecule has 5 nitrogen and oxygen atoms in total. The molecule has 3 aromatic rings. The summed E-state index contributed by atoms with van der Waals surface area (Å²) in [5.74, 6) is 0.970. The van der Waals surface area contributed by atoms with E-state index in [1.54, 1.807) is 23.9 Å². The summed E-state index contributed by atoms with van der Waals surface area (Å²) >= 11 is 1.70. The van der Waals surface area contributed by atoms with Crippen molar-refractivity contribution in [3.05, 3.63) is 41.1 Å². The zero-order chi connectivity index (χ0) is 14.1. The smallest absolute Gasteiger partial charge is 0.133 e. The van der Waals surface area contributed by atoms with E-state index in [-0.39, 0.29) is 0 Å². The molecule has 21 heavy (non-hydrogen) atoms. The van der Waals surface area contributed by atoms with E-state index in [2.05, 4.69) is 25.3 Å². The van der Waals surface area contributed by atoms with Crippen LogP contribution in [0.2, 0.25) is 0 Å². The van der Waals surface area contributed by atoms with Gasteiger partial charge in [-0.05, 0) is 31.7 Å². The van der Waals surface area contributed by atoms with Gasteiger partial charge in [0, 0.05) is 17.5 Å². The summed E-state index contributed by atoms with van der Waals surface area (Å²) < 4.78 is 1.17. The van der Waals surface area contributed by atoms with E-state index in [0.29, 0.717) is 6.54 Å². The fraction of sp³-hybridized carbons (Fsp3) is 0.333. The van der Waals surface area contributed by atoms with Gasteiger partial charge in [0.2, 0.25) is 0 Å². The van der Waals surface area contributed by atoms with Gasteiger partial charge in [-0.2, -0.15) is 0 Å². The number of pyridine rings is 1. The SMILES string of the molecule is c1cc2sc(CNc3ncnc4c3CCCC4)nc2cn1. The normalized spacial score (nSPS) is 14.1. The van der Waals surface area contributed by atoms with Crippen molar-refractivity contribution in [2.75, 3.05) is 5.32 Å². The molecule has 0 unspecified atom stereocenters. The summed E-state index contributed by atoms with van der Waals surface area (Å²) in [7, 11) is 0. The van der Waals surface area contributed by atoms with Crippen LogP contribution in [0.4, 0.5) is 5.82 Å². The maximum absolute atomic E-state index is 4.59. The molecule has 0 spiro atoms. The summed E-state index contributed by atoms with van der Waals surface area (Å²) in [6.07, 6.45) is 9.87. The first kappa shape index (κ1) is 12.6.